The van der Waals surface area contributed by atoms with E-state index in [4.69, 9.17) is 14.2 Å². The van der Waals surface area contributed by atoms with Crippen molar-refractivity contribution in [1.29, 1.82) is 0 Å². The van der Waals surface area contributed by atoms with Crippen molar-refractivity contribution in [1.82, 2.24) is 9.80 Å². The quantitative estimate of drug-likeness (QED) is 0.676. The summed E-state index contributed by atoms with van der Waals surface area (Å²) < 4.78 is 30.9. The van der Waals surface area contributed by atoms with Crippen LogP contribution in [0.1, 0.15) is 6.92 Å². The fourth-order valence-corrected chi connectivity index (χ4v) is 3.76. The molecule has 7 heteroatoms. The molecule has 0 amide bonds. The molecule has 1 fully saturated rings. The lowest BCUT2D eigenvalue weighted by molar-refractivity contribution is 0.0470. The number of hydrogen-bond donors (Lipinski definition) is 1. The number of hydrogen-bond acceptors (Lipinski definition) is 6. The molecule has 0 bridgehead atoms. The van der Waals surface area contributed by atoms with Crippen LogP contribution in [0.5, 0.6) is 17.2 Å². The van der Waals surface area contributed by atoms with E-state index in [-0.39, 0.29) is 6.61 Å². The van der Waals surface area contributed by atoms with Gasteiger partial charge in [-0.05, 0) is 36.4 Å². The van der Waals surface area contributed by atoms with E-state index in [1.165, 1.54) is 12.1 Å². The lowest BCUT2D eigenvalue weighted by atomic mass is 10.0. The number of rotatable bonds is 9. The zero-order chi connectivity index (χ0) is 21.5. The number of ether oxygens (including phenoxy) is 3. The molecule has 0 aliphatic carbocycles. The predicted molar refractivity (Wildman–Crippen MR) is 115 cm³/mol. The highest BCUT2D eigenvalue weighted by atomic mass is 19.1. The van der Waals surface area contributed by atoms with E-state index < -0.39 is 11.9 Å². The Kier molecular flexibility index (Phi) is 7.90. The Morgan fingerprint density at radius 1 is 1.00 bits per heavy atom. The molecular weight excluding hydrogens is 387 g/mol. The molecule has 30 heavy (non-hydrogen) atoms. The van der Waals surface area contributed by atoms with Gasteiger partial charge in [0.25, 0.3) is 0 Å². The van der Waals surface area contributed by atoms with E-state index in [1.54, 1.807) is 32.4 Å². The van der Waals surface area contributed by atoms with Crippen LogP contribution in [0, 0.1) is 5.82 Å². The Bertz CT molecular complexity index is 803. The third-order valence-corrected chi connectivity index (χ3v) is 5.41. The summed E-state index contributed by atoms with van der Waals surface area (Å²) in [6.07, 6.45) is -0.648. The summed E-state index contributed by atoms with van der Waals surface area (Å²) in [6, 6.07) is 9.87. The van der Waals surface area contributed by atoms with Crippen molar-refractivity contribution >= 4 is 0 Å². The second-order valence-corrected chi connectivity index (χ2v) is 7.41. The first-order valence-electron chi connectivity index (χ1n) is 10.3. The molecule has 1 aliphatic rings. The maximum Gasteiger partial charge on any atom is 0.130 e. The van der Waals surface area contributed by atoms with Crippen molar-refractivity contribution in [2.24, 2.45) is 0 Å². The number of halogens is 1. The smallest absolute Gasteiger partial charge is 0.130 e. The number of methoxy groups -OCH3 is 2. The fourth-order valence-electron chi connectivity index (χ4n) is 3.76. The van der Waals surface area contributed by atoms with Crippen LogP contribution in [-0.2, 0) is 0 Å². The summed E-state index contributed by atoms with van der Waals surface area (Å²) in [5.74, 6) is 1.09. The summed E-state index contributed by atoms with van der Waals surface area (Å²) in [4.78, 5) is 4.62. The first-order valence-corrected chi connectivity index (χ1v) is 10.3. The molecule has 0 radical (unpaired) electrons. The van der Waals surface area contributed by atoms with Gasteiger partial charge in [-0.15, -0.1) is 0 Å². The minimum atomic E-state index is -0.648. The van der Waals surface area contributed by atoms with Crippen LogP contribution < -0.4 is 14.2 Å². The zero-order valence-electron chi connectivity index (χ0n) is 17.9. The molecule has 2 aromatic rings. The van der Waals surface area contributed by atoms with E-state index >= 15 is 0 Å². The Balaban J connectivity index is 1.66. The molecule has 1 unspecified atom stereocenters. The summed E-state index contributed by atoms with van der Waals surface area (Å²) in [5, 5.41) is 10.4. The van der Waals surface area contributed by atoms with Gasteiger partial charge in [0.15, 0.2) is 0 Å². The molecule has 1 atom stereocenters. The highest BCUT2D eigenvalue weighted by Gasteiger charge is 2.19. The van der Waals surface area contributed by atoms with Crippen LogP contribution in [0.15, 0.2) is 36.4 Å². The van der Waals surface area contributed by atoms with Gasteiger partial charge in [0.2, 0.25) is 0 Å². The van der Waals surface area contributed by atoms with E-state index in [1.807, 2.05) is 6.07 Å². The van der Waals surface area contributed by atoms with Gasteiger partial charge >= 0.3 is 0 Å². The number of likely N-dealkylation sites (N-methyl/N-ethyl adjacent to an activating group) is 1. The normalized spacial score (nSPS) is 16.3. The summed E-state index contributed by atoms with van der Waals surface area (Å²) in [5.41, 5.74) is 1.24. The van der Waals surface area contributed by atoms with Crippen LogP contribution in [0.4, 0.5) is 4.39 Å². The molecule has 2 aromatic carbocycles. The number of benzene rings is 2. The topological polar surface area (TPSA) is 54.4 Å². The van der Waals surface area contributed by atoms with Crippen molar-refractivity contribution < 1.29 is 23.7 Å². The standard InChI is InChI=1S/C23H31FN2O4/c1-4-25-8-10-26(11-9-25)15-19(27)16-30-20-13-17(12-18(24)14-20)23-21(28-2)6-5-7-22(23)29-3/h5-7,12-14,19,27H,4,8-11,15-16H2,1-3H3. The average molecular weight is 419 g/mol. The van der Waals surface area contributed by atoms with Crippen molar-refractivity contribution in [3.63, 3.8) is 0 Å². The van der Waals surface area contributed by atoms with Gasteiger partial charge in [-0.3, -0.25) is 4.90 Å². The van der Waals surface area contributed by atoms with E-state index in [2.05, 4.69) is 16.7 Å². The highest BCUT2D eigenvalue weighted by molar-refractivity contribution is 5.77. The van der Waals surface area contributed by atoms with Gasteiger partial charge in [-0.1, -0.05) is 13.0 Å². The third kappa shape index (κ3) is 5.62. The summed E-state index contributed by atoms with van der Waals surface area (Å²) >= 11 is 0. The molecule has 1 aliphatic heterocycles. The molecule has 1 heterocycles. The second kappa shape index (κ2) is 10.6. The lowest BCUT2D eigenvalue weighted by Gasteiger charge is -2.34. The Morgan fingerprint density at radius 3 is 2.23 bits per heavy atom. The first-order chi connectivity index (χ1) is 14.5. The SMILES string of the molecule is CCN1CCN(CC(O)COc2cc(F)cc(-c3c(OC)cccc3OC)c2)CC1. The fraction of sp³-hybridized carbons (Fsp3) is 0.478. The van der Waals surface area contributed by atoms with Gasteiger partial charge < -0.3 is 24.2 Å². The average Bonchev–Trinajstić information content (AvgIpc) is 2.77. The summed E-state index contributed by atoms with van der Waals surface area (Å²) in [7, 11) is 3.12. The third-order valence-electron chi connectivity index (χ3n) is 5.41. The minimum absolute atomic E-state index is 0.0972. The van der Waals surface area contributed by atoms with Gasteiger partial charge in [-0.2, -0.15) is 0 Å². The molecule has 3 rings (SSSR count). The van der Waals surface area contributed by atoms with E-state index in [0.717, 1.165) is 32.7 Å². The maximum absolute atomic E-state index is 14.3. The molecule has 0 saturated carbocycles. The molecule has 1 saturated heterocycles. The number of piperazine rings is 1. The van der Waals surface area contributed by atoms with Crippen LogP contribution in [-0.4, -0.2) is 81.1 Å². The molecule has 1 N–H and O–H groups in total. The minimum Gasteiger partial charge on any atom is -0.496 e. The van der Waals surface area contributed by atoms with Crippen molar-refractivity contribution in [3.8, 4) is 28.4 Å². The monoisotopic (exact) mass is 418 g/mol. The largest absolute Gasteiger partial charge is 0.496 e. The van der Waals surface area contributed by atoms with Gasteiger partial charge in [0.05, 0.1) is 19.8 Å². The van der Waals surface area contributed by atoms with E-state index in [0.29, 0.717) is 34.9 Å². The van der Waals surface area contributed by atoms with Crippen LogP contribution >= 0.6 is 0 Å². The number of nitrogens with zero attached hydrogens (tertiary/aromatic N) is 2. The first kappa shape index (κ1) is 22.3. The molecule has 6 nitrogen and oxygen atoms in total. The second-order valence-electron chi connectivity index (χ2n) is 7.41. The Morgan fingerprint density at radius 2 is 1.63 bits per heavy atom. The predicted octanol–water partition coefficient (Wildman–Crippen LogP) is 2.89. The highest BCUT2D eigenvalue weighted by Crippen LogP contribution is 2.39. The van der Waals surface area contributed by atoms with Crippen LogP contribution in [0.2, 0.25) is 0 Å². The number of β-amino-alcohol motifs (C(OH)–C–C–N with tert-alkyl or cyclic N) is 1. The zero-order valence-corrected chi connectivity index (χ0v) is 17.9. The lowest BCUT2D eigenvalue weighted by Crippen LogP contribution is -2.49. The summed E-state index contributed by atoms with van der Waals surface area (Å²) in [6.45, 7) is 7.74. The van der Waals surface area contributed by atoms with Crippen LogP contribution in [0.25, 0.3) is 11.1 Å². The van der Waals surface area contributed by atoms with Gasteiger partial charge in [-0.25, -0.2) is 4.39 Å². The Hall–Kier alpha value is -2.35. The van der Waals surface area contributed by atoms with E-state index in [9.17, 15) is 9.50 Å². The van der Waals surface area contributed by atoms with Crippen LogP contribution in [0.3, 0.4) is 0 Å². The number of aliphatic hydroxyl groups is 1. The Labute approximate surface area is 177 Å². The van der Waals surface area contributed by atoms with Crippen molar-refractivity contribution in [3.05, 3.63) is 42.2 Å². The molecule has 0 spiro atoms. The molecule has 0 aromatic heterocycles. The van der Waals surface area contributed by atoms with Gasteiger partial charge in [0.1, 0.15) is 35.8 Å². The number of aliphatic hydroxyl groups excluding tert-OH is 1. The van der Waals surface area contributed by atoms with Gasteiger partial charge in [0, 0.05) is 38.8 Å². The molecule has 164 valence electrons. The maximum atomic E-state index is 14.3. The van der Waals surface area contributed by atoms with Crippen molar-refractivity contribution in [2.75, 3.05) is 60.1 Å². The molecular formula is C23H31FN2O4. The van der Waals surface area contributed by atoms with Crippen molar-refractivity contribution in [2.45, 2.75) is 13.0 Å².